The molecule has 18 heteroatoms. The zero-order valence-electron chi connectivity index (χ0n) is 31.4. The molecule has 1 saturated carbocycles. The number of sulfonamides is 1. The van der Waals surface area contributed by atoms with Gasteiger partial charge in [0.25, 0.3) is 11.8 Å². The predicted octanol–water partition coefficient (Wildman–Crippen LogP) is 0.921. The van der Waals surface area contributed by atoms with Crippen LogP contribution in [0.2, 0.25) is 0 Å². The number of carbonyl (C=O) groups excluding carboxylic acids is 5. The molecule has 4 amide bonds. The van der Waals surface area contributed by atoms with Crippen molar-refractivity contribution in [2.24, 2.45) is 11.7 Å². The number of aromatic nitrogens is 3. The summed E-state index contributed by atoms with van der Waals surface area (Å²) in [4.78, 5) is 69.8. The molecule has 4 fully saturated rings. The molecule has 0 radical (unpaired) electrons. The van der Waals surface area contributed by atoms with Crippen molar-refractivity contribution in [2.75, 3.05) is 32.8 Å². The van der Waals surface area contributed by atoms with Gasteiger partial charge < -0.3 is 31.1 Å². The SMILES string of the molecule is CC(C)(O)c1cnnn1C1CC(C(=O)NC2(C(=O)C(N)=O)CCOCC2)N(C(=O)[C@@H](CC2CCCCC2)NC(=O)c2ccc(S(=O)(=O)N3CCCC3)cc2)C1. The third-order valence-electron chi connectivity index (χ3n) is 11.5. The van der Waals surface area contributed by atoms with Crippen LogP contribution in [-0.2, 0) is 39.5 Å². The predicted molar refractivity (Wildman–Crippen MR) is 196 cm³/mol. The van der Waals surface area contributed by atoms with Crippen LogP contribution in [0.3, 0.4) is 0 Å². The number of likely N-dealkylation sites (tertiary alicyclic amines) is 1. The fraction of sp³-hybridized carbons (Fsp3) is 0.649. The molecule has 1 aliphatic carbocycles. The van der Waals surface area contributed by atoms with Gasteiger partial charge in [0.05, 0.1) is 22.8 Å². The van der Waals surface area contributed by atoms with Crippen molar-refractivity contribution in [3.8, 4) is 0 Å². The minimum atomic E-state index is -3.70. The Morgan fingerprint density at radius 2 is 1.67 bits per heavy atom. The van der Waals surface area contributed by atoms with Crippen molar-refractivity contribution < 1.29 is 42.2 Å². The monoisotopic (exact) mass is 784 g/mol. The van der Waals surface area contributed by atoms with Crippen LogP contribution in [0.15, 0.2) is 35.4 Å². The smallest absolute Gasteiger partial charge is 0.287 e. The number of ether oxygens (including phenoxy) is 1. The van der Waals surface area contributed by atoms with Crippen LogP contribution in [0.4, 0.5) is 0 Å². The first-order chi connectivity index (χ1) is 26.1. The zero-order chi connectivity index (χ0) is 39.5. The lowest BCUT2D eigenvalue weighted by Gasteiger charge is -2.37. The second-order valence-electron chi connectivity index (χ2n) is 15.8. The Hall–Kier alpha value is -4.26. The fourth-order valence-corrected chi connectivity index (χ4v) is 9.91. The number of aliphatic hydroxyl groups is 1. The van der Waals surface area contributed by atoms with E-state index in [9.17, 15) is 37.5 Å². The molecule has 1 aromatic carbocycles. The first-order valence-electron chi connectivity index (χ1n) is 19.2. The molecule has 3 saturated heterocycles. The first kappa shape index (κ1) is 40.4. The maximum absolute atomic E-state index is 14.8. The third kappa shape index (κ3) is 8.76. The van der Waals surface area contributed by atoms with Crippen LogP contribution in [0, 0.1) is 5.92 Å². The molecule has 300 valence electrons. The van der Waals surface area contributed by atoms with Crippen molar-refractivity contribution in [3.63, 3.8) is 0 Å². The van der Waals surface area contributed by atoms with Gasteiger partial charge in [-0.3, -0.25) is 24.0 Å². The van der Waals surface area contributed by atoms with Crippen molar-refractivity contribution in [1.29, 1.82) is 0 Å². The van der Waals surface area contributed by atoms with Crippen LogP contribution >= 0.6 is 0 Å². The number of nitrogens with one attached hydrogen (secondary N) is 2. The Morgan fingerprint density at radius 1 is 1.02 bits per heavy atom. The number of primary amides is 1. The average Bonchev–Trinajstić information content (AvgIpc) is 3.97. The summed E-state index contributed by atoms with van der Waals surface area (Å²) in [6, 6.07) is 2.78. The summed E-state index contributed by atoms with van der Waals surface area (Å²) in [5.74, 6) is -3.83. The average molecular weight is 785 g/mol. The minimum absolute atomic E-state index is 0.00895. The Kier molecular flexibility index (Phi) is 12.1. The van der Waals surface area contributed by atoms with Gasteiger partial charge in [-0.2, -0.15) is 4.31 Å². The van der Waals surface area contributed by atoms with Gasteiger partial charge in [0.2, 0.25) is 27.6 Å². The summed E-state index contributed by atoms with van der Waals surface area (Å²) in [5, 5.41) is 24.8. The second kappa shape index (κ2) is 16.5. The van der Waals surface area contributed by atoms with Crippen molar-refractivity contribution in [3.05, 3.63) is 41.7 Å². The minimum Gasteiger partial charge on any atom is -0.384 e. The molecule has 2 unspecified atom stereocenters. The van der Waals surface area contributed by atoms with Crippen LogP contribution in [-0.4, -0.2) is 118 Å². The van der Waals surface area contributed by atoms with Gasteiger partial charge in [0, 0.05) is 57.7 Å². The Balaban J connectivity index is 1.30. The van der Waals surface area contributed by atoms with Crippen LogP contribution in [0.5, 0.6) is 0 Å². The van der Waals surface area contributed by atoms with Gasteiger partial charge in [0.1, 0.15) is 23.2 Å². The van der Waals surface area contributed by atoms with Crippen LogP contribution in [0.25, 0.3) is 0 Å². The molecule has 4 aliphatic rings. The van der Waals surface area contributed by atoms with Gasteiger partial charge in [-0.25, -0.2) is 13.1 Å². The summed E-state index contributed by atoms with van der Waals surface area (Å²) in [5.41, 5.74) is 2.96. The number of carbonyl (C=O) groups is 5. The third-order valence-corrected chi connectivity index (χ3v) is 13.4. The molecular formula is C37H52N8O9S. The van der Waals surface area contributed by atoms with E-state index in [1.54, 1.807) is 13.8 Å². The highest BCUT2D eigenvalue weighted by Crippen LogP contribution is 2.34. The molecule has 2 aromatic rings. The van der Waals surface area contributed by atoms with Crippen molar-refractivity contribution >= 4 is 39.4 Å². The first-order valence-corrected chi connectivity index (χ1v) is 20.6. The molecule has 5 N–H and O–H groups in total. The normalized spacial score (nSPS) is 22.9. The van der Waals surface area contributed by atoms with E-state index >= 15 is 0 Å². The molecule has 55 heavy (non-hydrogen) atoms. The van der Waals surface area contributed by atoms with E-state index in [2.05, 4.69) is 20.9 Å². The van der Waals surface area contributed by atoms with E-state index in [4.69, 9.17) is 10.5 Å². The molecule has 0 spiro atoms. The molecule has 3 atom stereocenters. The number of benzene rings is 1. The van der Waals surface area contributed by atoms with E-state index in [0.29, 0.717) is 25.2 Å². The number of nitrogens with two attached hydrogens (primary N) is 1. The molecule has 0 bridgehead atoms. The highest BCUT2D eigenvalue weighted by atomic mass is 32.2. The summed E-state index contributed by atoms with van der Waals surface area (Å²) >= 11 is 0. The lowest BCUT2D eigenvalue weighted by Crippen LogP contribution is -2.64. The number of ketones is 1. The van der Waals surface area contributed by atoms with Gasteiger partial charge >= 0.3 is 0 Å². The topological polar surface area (TPSA) is 236 Å². The maximum Gasteiger partial charge on any atom is 0.287 e. The Labute approximate surface area is 320 Å². The van der Waals surface area contributed by atoms with Crippen molar-refractivity contribution in [2.45, 2.75) is 119 Å². The maximum atomic E-state index is 14.8. The van der Waals surface area contributed by atoms with Gasteiger partial charge in [-0.05, 0) is 63.3 Å². The molecule has 3 aliphatic heterocycles. The molecule has 1 aromatic heterocycles. The zero-order valence-corrected chi connectivity index (χ0v) is 32.3. The number of amides is 4. The van der Waals surface area contributed by atoms with Crippen LogP contribution < -0.4 is 16.4 Å². The summed E-state index contributed by atoms with van der Waals surface area (Å²) in [6.07, 6.45) is 8.10. The number of Topliss-reactive ketones (excluding diaryl/α,β-unsaturated/α-hetero) is 1. The van der Waals surface area contributed by atoms with Crippen LogP contribution in [0.1, 0.15) is 107 Å². The molecule has 6 rings (SSSR count). The quantitative estimate of drug-likeness (QED) is 0.209. The highest BCUT2D eigenvalue weighted by Gasteiger charge is 2.49. The lowest BCUT2D eigenvalue weighted by atomic mass is 9.84. The van der Waals surface area contributed by atoms with E-state index in [1.807, 2.05) is 0 Å². The number of rotatable bonds is 13. The molecule has 4 heterocycles. The number of hydrogen-bond donors (Lipinski definition) is 4. The van der Waals surface area contributed by atoms with E-state index in [0.717, 1.165) is 44.9 Å². The van der Waals surface area contributed by atoms with Gasteiger partial charge in [-0.1, -0.05) is 37.3 Å². The second-order valence-corrected chi connectivity index (χ2v) is 17.7. The van der Waals surface area contributed by atoms with E-state index in [1.165, 1.54) is 44.3 Å². The summed E-state index contributed by atoms with van der Waals surface area (Å²) < 4.78 is 34.6. The molecular weight excluding hydrogens is 733 g/mol. The van der Waals surface area contributed by atoms with E-state index < -0.39 is 68.7 Å². The number of hydrogen-bond acceptors (Lipinski definition) is 11. The standard InChI is InChI=1S/C37H52N8O9S/c1-36(2,51)30-22-39-42-45(30)26-21-29(34(49)41-37(31(46)32(38)47)14-18-54-19-15-37)44(23-26)35(50)28(20-24-8-4-3-5-9-24)40-33(48)25-10-12-27(13-11-25)55(52,53)43-16-6-7-17-43/h10-13,22,24,26,28-29,51H,3-9,14-21,23H2,1-2H3,(H2,38,47)(H,40,48)(H,41,49)/t26?,28-,29?/m1/s1. The highest BCUT2D eigenvalue weighted by molar-refractivity contribution is 7.89. The largest absolute Gasteiger partial charge is 0.384 e. The fourth-order valence-electron chi connectivity index (χ4n) is 8.39. The van der Waals surface area contributed by atoms with E-state index in [-0.39, 0.29) is 55.4 Å². The number of nitrogens with zero attached hydrogens (tertiary/aromatic N) is 5. The molecule has 17 nitrogen and oxygen atoms in total. The summed E-state index contributed by atoms with van der Waals surface area (Å²) in [6.45, 7) is 4.19. The van der Waals surface area contributed by atoms with Gasteiger partial charge in [0.15, 0.2) is 0 Å². The summed E-state index contributed by atoms with van der Waals surface area (Å²) in [7, 11) is -3.70. The Bertz CT molecular complexity index is 1860. The Morgan fingerprint density at radius 3 is 2.29 bits per heavy atom. The van der Waals surface area contributed by atoms with Crippen molar-refractivity contribution in [1.82, 2.24) is 34.8 Å². The van der Waals surface area contributed by atoms with Gasteiger partial charge in [-0.15, -0.1) is 5.10 Å². The lowest BCUT2D eigenvalue weighted by molar-refractivity contribution is -0.147.